The third-order valence-electron chi connectivity index (χ3n) is 7.12. The molecule has 3 aromatic carbocycles. The zero-order chi connectivity index (χ0) is 31.5. The van der Waals surface area contributed by atoms with Crippen molar-refractivity contribution >= 4 is 29.1 Å². The maximum Gasteiger partial charge on any atom is 0.338 e. The fourth-order valence-electron chi connectivity index (χ4n) is 4.96. The average molecular weight is 620 g/mol. The van der Waals surface area contributed by atoms with Crippen LogP contribution >= 0.6 is 11.3 Å². The van der Waals surface area contributed by atoms with Crippen LogP contribution < -0.4 is 29.3 Å². The van der Waals surface area contributed by atoms with Gasteiger partial charge in [0.25, 0.3) is 5.56 Å². The van der Waals surface area contributed by atoms with Crippen LogP contribution in [0.25, 0.3) is 6.08 Å². The van der Waals surface area contributed by atoms with Crippen LogP contribution in [-0.2, 0) is 16.1 Å². The zero-order valence-corrected chi connectivity index (χ0v) is 25.7. The topological polar surface area (TPSA) is 82.4 Å². The number of carbonyl (C=O) groups excluding carboxylic acids is 1. The third kappa shape index (κ3) is 6.14. The molecule has 0 saturated heterocycles. The van der Waals surface area contributed by atoms with E-state index in [2.05, 4.69) is 4.99 Å². The van der Waals surface area contributed by atoms with Crippen molar-refractivity contribution in [3.05, 3.63) is 120 Å². The van der Waals surface area contributed by atoms with E-state index in [0.717, 1.165) is 23.4 Å². The number of hydrogen-bond donors (Lipinski definition) is 0. The van der Waals surface area contributed by atoms with E-state index in [4.69, 9.17) is 14.2 Å². The van der Waals surface area contributed by atoms with Crippen LogP contribution in [0.5, 0.6) is 11.5 Å². The van der Waals surface area contributed by atoms with Crippen molar-refractivity contribution < 1.29 is 27.8 Å². The van der Waals surface area contributed by atoms with Crippen LogP contribution in [-0.4, -0.2) is 38.3 Å². The highest BCUT2D eigenvalue weighted by Gasteiger charge is 2.33. The van der Waals surface area contributed by atoms with E-state index < -0.39 is 23.6 Å². The van der Waals surface area contributed by atoms with Gasteiger partial charge in [-0.05, 0) is 67.4 Å². The van der Waals surface area contributed by atoms with Crippen LogP contribution in [0, 0.1) is 11.6 Å². The Morgan fingerprint density at radius 2 is 1.80 bits per heavy atom. The van der Waals surface area contributed by atoms with Crippen LogP contribution in [0.1, 0.15) is 36.6 Å². The molecule has 228 valence electrons. The summed E-state index contributed by atoms with van der Waals surface area (Å²) in [6, 6.07) is 15.3. The average Bonchev–Trinajstić information content (AvgIpc) is 3.30. The molecule has 44 heavy (non-hydrogen) atoms. The van der Waals surface area contributed by atoms with Crippen LogP contribution in [0.15, 0.2) is 81.7 Å². The number of rotatable bonds is 9. The molecule has 0 bridgehead atoms. The number of fused-ring (bicyclic) bond motifs is 1. The number of nitrogens with zero attached hydrogens (tertiary/aromatic N) is 3. The molecule has 5 rings (SSSR count). The minimum Gasteiger partial charge on any atom is -0.496 e. The number of hydrogen-bond acceptors (Lipinski definition) is 8. The highest BCUT2D eigenvalue weighted by Crippen LogP contribution is 2.32. The second-order valence-corrected chi connectivity index (χ2v) is 11.2. The first-order chi connectivity index (χ1) is 21.1. The minimum absolute atomic E-state index is 0.0559. The summed E-state index contributed by atoms with van der Waals surface area (Å²) in [7, 11) is 5.37. The minimum atomic E-state index is -0.815. The van der Waals surface area contributed by atoms with E-state index in [1.165, 1.54) is 29.1 Å². The maximum atomic E-state index is 14.1. The summed E-state index contributed by atoms with van der Waals surface area (Å²) < 4.78 is 45.8. The number of ether oxygens (including phenoxy) is 3. The summed E-state index contributed by atoms with van der Waals surface area (Å²) in [5.74, 6) is -1.64. The lowest BCUT2D eigenvalue weighted by Gasteiger charge is -2.25. The Balaban J connectivity index is 1.57. The van der Waals surface area contributed by atoms with Gasteiger partial charge in [0.15, 0.2) is 16.4 Å². The van der Waals surface area contributed by atoms with Gasteiger partial charge >= 0.3 is 5.97 Å². The van der Waals surface area contributed by atoms with Crippen LogP contribution in [0.3, 0.4) is 0 Å². The number of anilines is 1. The number of methoxy groups -OCH3 is 1. The predicted molar refractivity (Wildman–Crippen MR) is 165 cm³/mol. The lowest BCUT2D eigenvalue weighted by Crippen LogP contribution is -2.39. The van der Waals surface area contributed by atoms with Crippen molar-refractivity contribution in [2.45, 2.75) is 26.5 Å². The van der Waals surface area contributed by atoms with Crippen molar-refractivity contribution in [1.82, 2.24) is 4.57 Å². The van der Waals surface area contributed by atoms with Gasteiger partial charge in [0.05, 0.1) is 35.6 Å². The highest BCUT2D eigenvalue weighted by atomic mass is 32.1. The fourth-order valence-corrected chi connectivity index (χ4v) is 6.01. The van der Waals surface area contributed by atoms with Gasteiger partial charge in [0.2, 0.25) is 0 Å². The summed E-state index contributed by atoms with van der Waals surface area (Å²) in [5.41, 5.74) is 3.46. The van der Waals surface area contributed by atoms with Gasteiger partial charge < -0.3 is 19.1 Å². The van der Waals surface area contributed by atoms with Crippen molar-refractivity contribution in [2.75, 3.05) is 32.7 Å². The number of benzene rings is 3. The second-order valence-electron chi connectivity index (χ2n) is 10.2. The molecular weight excluding hydrogens is 588 g/mol. The SMILES string of the molecule is CCOC(=O)C1=C(C)N=c2s/c(=C\c3ccc(OC)c(COc4ccc(F)cc4F)c3)c(=O)n2[C@@H]1c1ccc(N(C)C)cc1. The molecule has 0 N–H and O–H groups in total. The van der Waals surface area contributed by atoms with Gasteiger partial charge in [-0.3, -0.25) is 9.36 Å². The molecule has 4 aromatic rings. The molecule has 0 fully saturated rings. The molecule has 1 aliphatic heterocycles. The summed E-state index contributed by atoms with van der Waals surface area (Å²) >= 11 is 1.21. The molecule has 0 radical (unpaired) electrons. The molecule has 1 aromatic heterocycles. The number of esters is 1. The summed E-state index contributed by atoms with van der Waals surface area (Å²) in [6.07, 6.45) is 1.72. The molecule has 11 heteroatoms. The smallest absolute Gasteiger partial charge is 0.338 e. The normalized spacial score (nSPS) is 14.6. The van der Waals surface area contributed by atoms with Gasteiger partial charge in [-0.25, -0.2) is 18.6 Å². The van der Waals surface area contributed by atoms with E-state index in [9.17, 15) is 18.4 Å². The van der Waals surface area contributed by atoms with Crippen LogP contribution in [0.4, 0.5) is 14.5 Å². The summed E-state index contributed by atoms with van der Waals surface area (Å²) in [5, 5.41) is 0. The van der Waals surface area contributed by atoms with Gasteiger partial charge in [0, 0.05) is 31.4 Å². The quantitative estimate of drug-likeness (QED) is 0.252. The Kier molecular flexibility index (Phi) is 8.96. The fraction of sp³-hybridized carbons (Fsp3) is 0.242. The van der Waals surface area contributed by atoms with Gasteiger partial charge in [-0.15, -0.1) is 0 Å². The van der Waals surface area contributed by atoms with Crippen molar-refractivity contribution in [2.24, 2.45) is 4.99 Å². The number of halogens is 2. The second kappa shape index (κ2) is 12.8. The Hall–Kier alpha value is -4.77. The monoisotopic (exact) mass is 619 g/mol. The Morgan fingerprint density at radius 1 is 1.07 bits per heavy atom. The summed E-state index contributed by atoms with van der Waals surface area (Å²) in [4.78, 5) is 34.2. The van der Waals surface area contributed by atoms with E-state index in [1.807, 2.05) is 43.3 Å². The van der Waals surface area contributed by atoms with Crippen molar-refractivity contribution in [1.29, 1.82) is 0 Å². The molecule has 1 aliphatic rings. The number of aromatic nitrogens is 1. The molecule has 0 saturated carbocycles. The van der Waals surface area contributed by atoms with Gasteiger partial charge in [-0.1, -0.05) is 29.5 Å². The Labute approximate surface area is 256 Å². The van der Waals surface area contributed by atoms with E-state index >= 15 is 0 Å². The number of thiazole rings is 1. The molecule has 0 spiro atoms. The molecular formula is C33H31F2N3O5S. The van der Waals surface area contributed by atoms with Crippen molar-refractivity contribution in [3.63, 3.8) is 0 Å². The molecule has 0 aliphatic carbocycles. The first kappa shape index (κ1) is 30.7. The molecule has 8 nitrogen and oxygen atoms in total. The molecule has 2 heterocycles. The highest BCUT2D eigenvalue weighted by molar-refractivity contribution is 7.07. The first-order valence-corrected chi connectivity index (χ1v) is 14.6. The Morgan fingerprint density at radius 3 is 2.45 bits per heavy atom. The lowest BCUT2D eigenvalue weighted by molar-refractivity contribution is -0.139. The van der Waals surface area contributed by atoms with Crippen LogP contribution in [0.2, 0.25) is 0 Å². The summed E-state index contributed by atoms with van der Waals surface area (Å²) in [6.45, 7) is 3.60. The third-order valence-corrected chi connectivity index (χ3v) is 8.10. The standard InChI is InChI=1S/C33H31F2N3O5S/c1-6-42-32(40)29-19(2)36-33-38(30(29)21-8-11-24(12-9-21)37(3)4)31(39)28(44-33)16-20-7-13-26(41-5)22(15-20)18-43-27-14-10-23(34)17-25(27)35/h7-17,30H,6,18H2,1-5H3/b28-16-/t30-/m1/s1. The molecule has 0 amide bonds. The predicted octanol–water partition coefficient (Wildman–Crippen LogP) is 4.73. The largest absolute Gasteiger partial charge is 0.496 e. The maximum absolute atomic E-state index is 14.1. The number of allylic oxidation sites excluding steroid dienone is 1. The first-order valence-electron chi connectivity index (χ1n) is 13.8. The molecule has 1 atom stereocenters. The van der Waals surface area contributed by atoms with Crippen molar-refractivity contribution in [3.8, 4) is 11.5 Å². The zero-order valence-electron chi connectivity index (χ0n) is 24.9. The van der Waals surface area contributed by atoms with E-state index in [1.54, 1.807) is 38.1 Å². The van der Waals surface area contributed by atoms with Gasteiger partial charge in [0.1, 0.15) is 18.2 Å². The van der Waals surface area contributed by atoms with E-state index in [-0.39, 0.29) is 24.5 Å². The number of carbonyl (C=O) groups is 1. The van der Waals surface area contributed by atoms with Gasteiger partial charge in [-0.2, -0.15) is 0 Å². The molecule has 0 unspecified atom stereocenters. The van der Waals surface area contributed by atoms with E-state index in [0.29, 0.717) is 37.5 Å². The Bertz CT molecular complexity index is 1930. The lowest BCUT2D eigenvalue weighted by atomic mass is 9.95.